The van der Waals surface area contributed by atoms with Gasteiger partial charge in [0.15, 0.2) is 0 Å². The first-order valence-corrected chi connectivity index (χ1v) is 9.87. The molecule has 2 aromatic heterocycles. The van der Waals surface area contributed by atoms with Gasteiger partial charge in [0, 0.05) is 16.5 Å². The standard InChI is InChI=1S/C21H18N2S2/c1-13-4-8-16(9-5-13)18-12-24-21(23-18)19-15(3)22-20(25-19)17-10-6-14(2)7-11-17/h4-12H,1-3H3. The predicted octanol–water partition coefficient (Wildman–Crippen LogP) is 6.53. The van der Waals surface area contributed by atoms with Crippen LogP contribution in [0.3, 0.4) is 0 Å². The molecule has 0 aliphatic heterocycles. The molecule has 4 heteroatoms. The van der Waals surface area contributed by atoms with Gasteiger partial charge in [0.1, 0.15) is 10.0 Å². The van der Waals surface area contributed by atoms with Gasteiger partial charge in [-0.15, -0.1) is 22.7 Å². The number of aromatic nitrogens is 2. The Morgan fingerprint density at radius 2 is 1.28 bits per heavy atom. The lowest BCUT2D eigenvalue weighted by molar-refractivity contribution is 1.26. The third-order valence-corrected chi connectivity index (χ3v) is 6.34. The van der Waals surface area contributed by atoms with Crippen molar-refractivity contribution >= 4 is 22.7 Å². The van der Waals surface area contributed by atoms with E-state index in [1.54, 1.807) is 22.7 Å². The molecule has 0 spiro atoms. The number of thiazole rings is 2. The Kier molecular flexibility index (Phi) is 4.24. The van der Waals surface area contributed by atoms with Crippen LogP contribution in [0.2, 0.25) is 0 Å². The van der Waals surface area contributed by atoms with Crippen LogP contribution in [-0.4, -0.2) is 9.97 Å². The lowest BCUT2D eigenvalue weighted by Gasteiger charge is -1.97. The molecule has 4 rings (SSSR count). The Labute approximate surface area is 155 Å². The Morgan fingerprint density at radius 1 is 0.680 bits per heavy atom. The maximum absolute atomic E-state index is 4.85. The number of aryl methyl sites for hydroxylation is 3. The fraction of sp³-hybridized carbons (Fsp3) is 0.143. The SMILES string of the molecule is Cc1ccc(-c2csc(-c3sc(-c4ccc(C)cc4)nc3C)n2)cc1. The smallest absolute Gasteiger partial charge is 0.135 e. The van der Waals surface area contributed by atoms with Gasteiger partial charge in [-0.25, -0.2) is 9.97 Å². The zero-order valence-electron chi connectivity index (χ0n) is 14.4. The topological polar surface area (TPSA) is 25.8 Å². The van der Waals surface area contributed by atoms with Crippen molar-refractivity contribution < 1.29 is 0 Å². The second-order valence-electron chi connectivity index (χ2n) is 6.20. The van der Waals surface area contributed by atoms with Crippen LogP contribution in [0.15, 0.2) is 53.9 Å². The first kappa shape index (κ1) is 16.2. The molecule has 2 nitrogen and oxygen atoms in total. The highest BCUT2D eigenvalue weighted by Gasteiger charge is 2.15. The highest BCUT2D eigenvalue weighted by Crippen LogP contribution is 2.38. The molecule has 0 saturated carbocycles. The lowest BCUT2D eigenvalue weighted by Crippen LogP contribution is -1.80. The zero-order chi connectivity index (χ0) is 17.4. The summed E-state index contributed by atoms with van der Waals surface area (Å²) in [5.74, 6) is 0. The molecule has 0 radical (unpaired) electrons. The van der Waals surface area contributed by atoms with Crippen LogP contribution in [0.5, 0.6) is 0 Å². The van der Waals surface area contributed by atoms with E-state index in [4.69, 9.17) is 9.97 Å². The fourth-order valence-electron chi connectivity index (χ4n) is 2.65. The lowest BCUT2D eigenvalue weighted by atomic mass is 10.1. The molecule has 0 aliphatic rings. The van der Waals surface area contributed by atoms with E-state index < -0.39 is 0 Å². The van der Waals surface area contributed by atoms with Crippen LogP contribution in [0.1, 0.15) is 16.8 Å². The minimum absolute atomic E-state index is 1.03. The number of rotatable bonds is 3. The number of hydrogen-bond acceptors (Lipinski definition) is 4. The summed E-state index contributed by atoms with van der Waals surface area (Å²) in [4.78, 5) is 10.8. The van der Waals surface area contributed by atoms with Crippen molar-refractivity contribution in [3.05, 3.63) is 70.7 Å². The molecule has 124 valence electrons. The van der Waals surface area contributed by atoms with Crippen LogP contribution in [0, 0.1) is 20.8 Å². The van der Waals surface area contributed by atoms with Crippen LogP contribution in [-0.2, 0) is 0 Å². The van der Waals surface area contributed by atoms with Crippen LogP contribution in [0.4, 0.5) is 0 Å². The Balaban J connectivity index is 1.69. The number of hydrogen-bond donors (Lipinski definition) is 0. The summed E-state index contributed by atoms with van der Waals surface area (Å²) in [6.07, 6.45) is 0. The summed E-state index contributed by atoms with van der Waals surface area (Å²) < 4.78 is 0. The largest absolute Gasteiger partial charge is 0.241 e. The summed E-state index contributed by atoms with van der Waals surface area (Å²) in [6, 6.07) is 17.0. The molecule has 25 heavy (non-hydrogen) atoms. The molecule has 0 N–H and O–H groups in total. The highest BCUT2D eigenvalue weighted by molar-refractivity contribution is 7.23. The van der Waals surface area contributed by atoms with Crippen molar-refractivity contribution in [3.63, 3.8) is 0 Å². The monoisotopic (exact) mass is 362 g/mol. The van der Waals surface area contributed by atoms with E-state index in [2.05, 4.69) is 74.7 Å². The molecular weight excluding hydrogens is 344 g/mol. The summed E-state index contributed by atoms with van der Waals surface area (Å²) >= 11 is 3.41. The van der Waals surface area contributed by atoms with E-state index in [0.29, 0.717) is 0 Å². The first-order valence-electron chi connectivity index (χ1n) is 8.17. The second-order valence-corrected chi connectivity index (χ2v) is 8.06. The van der Waals surface area contributed by atoms with E-state index in [1.807, 2.05) is 0 Å². The van der Waals surface area contributed by atoms with Gasteiger partial charge in [-0.2, -0.15) is 0 Å². The molecule has 2 aromatic carbocycles. The Morgan fingerprint density at radius 3 is 1.92 bits per heavy atom. The maximum atomic E-state index is 4.85. The molecule has 0 saturated heterocycles. The maximum Gasteiger partial charge on any atom is 0.135 e. The Bertz CT molecular complexity index is 1010. The normalized spacial score (nSPS) is 11.0. The third kappa shape index (κ3) is 3.28. The van der Waals surface area contributed by atoms with Gasteiger partial charge in [-0.3, -0.25) is 0 Å². The van der Waals surface area contributed by atoms with Gasteiger partial charge < -0.3 is 0 Å². The summed E-state index contributed by atoms with van der Waals surface area (Å²) in [5.41, 5.74) is 6.93. The van der Waals surface area contributed by atoms with E-state index in [1.165, 1.54) is 21.6 Å². The van der Waals surface area contributed by atoms with Crippen molar-refractivity contribution in [3.8, 4) is 31.7 Å². The minimum atomic E-state index is 1.03. The highest BCUT2D eigenvalue weighted by atomic mass is 32.1. The van der Waals surface area contributed by atoms with E-state index in [-0.39, 0.29) is 0 Å². The molecule has 4 aromatic rings. The van der Waals surface area contributed by atoms with Crippen LogP contribution in [0.25, 0.3) is 31.7 Å². The molecule has 0 amide bonds. The van der Waals surface area contributed by atoms with Crippen molar-refractivity contribution in [1.82, 2.24) is 9.97 Å². The van der Waals surface area contributed by atoms with Crippen LogP contribution < -0.4 is 0 Å². The third-order valence-electron chi connectivity index (χ3n) is 4.14. The van der Waals surface area contributed by atoms with Gasteiger partial charge in [-0.1, -0.05) is 59.7 Å². The molecule has 0 atom stereocenters. The van der Waals surface area contributed by atoms with Gasteiger partial charge >= 0.3 is 0 Å². The summed E-state index contributed by atoms with van der Waals surface area (Å²) in [7, 11) is 0. The Hall–Kier alpha value is -2.30. The van der Waals surface area contributed by atoms with Gasteiger partial charge in [-0.05, 0) is 20.8 Å². The first-order chi connectivity index (χ1) is 12.1. The molecular formula is C21H18N2S2. The average molecular weight is 363 g/mol. The predicted molar refractivity (Wildman–Crippen MR) is 108 cm³/mol. The van der Waals surface area contributed by atoms with E-state index >= 15 is 0 Å². The molecule has 0 fully saturated rings. The number of nitrogens with zero attached hydrogens (tertiary/aromatic N) is 2. The van der Waals surface area contributed by atoms with E-state index in [0.717, 1.165) is 27.0 Å². The van der Waals surface area contributed by atoms with Gasteiger partial charge in [0.2, 0.25) is 0 Å². The molecule has 2 heterocycles. The summed E-state index contributed by atoms with van der Waals surface area (Å²) in [6.45, 7) is 6.27. The van der Waals surface area contributed by atoms with Gasteiger partial charge in [0.25, 0.3) is 0 Å². The van der Waals surface area contributed by atoms with Crippen molar-refractivity contribution in [1.29, 1.82) is 0 Å². The van der Waals surface area contributed by atoms with Crippen LogP contribution >= 0.6 is 22.7 Å². The second kappa shape index (κ2) is 6.54. The molecule has 0 bridgehead atoms. The van der Waals surface area contributed by atoms with Crippen molar-refractivity contribution in [2.75, 3.05) is 0 Å². The molecule has 0 unspecified atom stereocenters. The zero-order valence-corrected chi connectivity index (χ0v) is 16.0. The van der Waals surface area contributed by atoms with Gasteiger partial charge in [0.05, 0.1) is 16.3 Å². The minimum Gasteiger partial charge on any atom is -0.241 e. The van der Waals surface area contributed by atoms with Crippen molar-refractivity contribution in [2.24, 2.45) is 0 Å². The van der Waals surface area contributed by atoms with E-state index in [9.17, 15) is 0 Å². The quantitative estimate of drug-likeness (QED) is 0.414. The average Bonchev–Trinajstić information content (AvgIpc) is 3.23. The molecule has 0 aliphatic carbocycles. The number of benzene rings is 2. The summed E-state index contributed by atoms with van der Waals surface area (Å²) in [5, 5.41) is 4.23. The fourth-order valence-corrected chi connectivity index (χ4v) is 4.69. The van der Waals surface area contributed by atoms with Crippen molar-refractivity contribution in [2.45, 2.75) is 20.8 Å².